The van der Waals surface area contributed by atoms with Crippen LogP contribution in [0.15, 0.2) is 52.1 Å². The fourth-order valence-electron chi connectivity index (χ4n) is 2.17. The largest absolute Gasteiger partial charge is 0.507 e. The van der Waals surface area contributed by atoms with E-state index in [0.717, 1.165) is 10.1 Å². The maximum atomic E-state index is 12.4. The average molecular weight is 268 g/mol. The monoisotopic (exact) mass is 268 g/mol. The number of aryl methyl sites for hydroxylation is 1. The first-order valence-corrected chi connectivity index (χ1v) is 6.12. The second kappa shape index (κ2) is 4.38. The molecular weight excluding hydrogens is 256 g/mol. The van der Waals surface area contributed by atoms with E-state index in [1.54, 1.807) is 24.3 Å². The van der Waals surface area contributed by atoms with Crippen molar-refractivity contribution in [1.29, 1.82) is 0 Å². The molecule has 0 saturated carbocycles. The molecule has 0 aliphatic rings. The molecule has 0 spiro atoms. The van der Waals surface area contributed by atoms with Crippen LogP contribution in [-0.4, -0.2) is 14.7 Å². The van der Waals surface area contributed by atoms with Crippen molar-refractivity contribution in [2.75, 3.05) is 0 Å². The number of hydrogen-bond donors (Lipinski definition) is 2. The topological polar surface area (TPSA) is 75.1 Å². The summed E-state index contributed by atoms with van der Waals surface area (Å²) in [6, 6.07) is 11.6. The highest BCUT2D eigenvalue weighted by Gasteiger charge is 2.12. The molecule has 100 valence electrons. The van der Waals surface area contributed by atoms with Crippen LogP contribution in [0.2, 0.25) is 0 Å². The number of rotatable bonds is 1. The predicted octanol–water partition coefficient (Wildman–Crippen LogP) is 1.69. The molecule has 0 aliphatic carbocycles. The molecule has 1 aromatic heterocycles. The van der Waals surface area contributed by atoms with E-state index in [1.165, 1.54) is 6.07 Å². The minimum Gasteiger partial charge on any atom is -0.507 e. The van der Waals surface area contributed by atoms with Gasteiger partial charge in [0.25, 0.3) is 5.56 Å². The first kappa shape index (κ1) is 12.2. The van der Waals surface area contributed by atoms with E-state index in [4.69, 9.17) is 0 Å². The van der Waals surface area contributed by atoms with Crippen molar-refractivity contribution in [3.05, 3.63) is 68.9 Å². The Kier molecular flexibility index (Phi) is 2.68. The summed E-state index contributed by atoms with van der Waals surface area (Å²) in [5.74, 6) is -0.149. The van der Waals surface area contributed by atoms with Crippen molar-refractivity contribution in [3.8, 4) is 11.4 Å². The van der Waals surface area contributed by atoms with Crippen molar-refractivity contribution in [2.45, 2.75) is 6.92 Å². The van der Waals surface area contributed by atoms with Gasteiger partial charge in [-0.1, -0.05) is 23.8 Å². The van der Waals surface area contributed by atoms with Crippen molar-refractivity contribution < 1.29 is 5.11 Å². The minimum atomic E-state index is -0.536. The number of benzene rings is 2. The third-order valence-corrected chi connectivity index (χ3v) is 3.20. The van der Waals surface area contributed by atoms with Crippen LogP contribution < -0.4 is 11.2 Å². The second-order valence-electron chi connectivity index (χ2n) is 4.61. The Morgan fingerprint density at radius 3 is 2.45 bits per heavy atom. The number of fused-ring (bicyclic) bond motifs is 1. The van der Waals surface area contributed by atoms with Gasteiger partial charge in [0, 0.05) is 0 Å². The number of phenolic OH excluding ortho intramolecular Hbond substituents is 1. The zero-order valence-corrected chi connectivity index (χ0v) is 10.8. The summed E-state index contributed by atoms with van der Waals surface area (Å²) in [4.78, 5) is 27.1. The average Bonchev–Trinajstić information content (AvgIpc) is 2.40. The van der Waals surface area contributed by atoms with Crippen LogP contribution >= 0.6 is 0 Å². The van der Waals surface area contributed by atoms with Gasteiger partial charge in [0.15, 0.2) is 0 Å². The standard InChI is InChI=1S/C15H12N2O3/c1-9-5-7-10(8-6-9)17-14(19)13-11(16-15(17)20)3-2-4-12(13)18/h2-8,18H,1H3,(H,16,20). The molecule has 0 atom stereocenters. The molecule has 0 amide bonds. The first-order valence-electron chi connectivity index (χ1n) is 6.12. The molecule has 5 nitrogen and oxygen atoms in total. The maximum Gasteiger partial charge on any atom is 0.333 e. The zero-order chi connectivity index (χ0) is 14.3. The van der Waals surface area contributed by atoms with Gasteiger partial charge in [-0.25, -0.2) is 9.36 Å². The predicted molar refractivity (Wildman–Crippen MR) is 76.6 cm³/mol. The lowest BCUT2D eigenvalue weighted by atomic mass is 10.2. The smallest absolute Gasteiger partial charge is 0.333 e. The molecule has 0 saturated heterocycles. The fraction of sp³-hybridized carbons (Fsp3) is 0.0667. The minimum absolute atomic E-state index is 0.104. The summed E-state index contributed by atoms with van der Waals surface area (Å²) >= 11 is 0. The van der Waals surface area contributed by atoms with E-state index in [0.29, 0.717) is 11.2 Å². The highest BCUT2D eigenvalue weighted by Crippen LogP contribution is 2.18. The molecule has 0 aliphatic heterocycles. The number of aromatic amines is 1. The Morgan fingerprint density at radius 1 is 1.05 bits per heavy atom. The Bertz CT molecular complexity index is 905. The first-order chi connectivity index (χ1) is 9.58. The summed E-state index contributed by atoms with van der Waals surface area (Å²) in [6.07, 6.45) is 0. The van der Waals surface area contributed by atoms with Crippen LogP contribution in [0.3, 0.4) is 0 Å². The fourth-order valence-corrected chi connectivity index (χ4v) is 2.17. The number of aromatic nitrogens is 2. The number of aromatic hydroxyl groups is 1. The van der Waals surface area contributed by atoms with E-state index in [2.05, 4.69) is 4.98 Å². The van der Waals surface area contributed by atoms with Gasteiger partial charge in [0.2, 0.25) is 0 Å². The number of H-pyrrole nitrogens is 1. The van der Waals surface area contributed by atoms with Crippen LogP contribution in [0.5, 0.6) is 5.75 Å². The zero-order valence-electron chi connectivity index (χ0n) is 10.8. The molecule has 1 heterocycles. The van der Waals surface area contributed by atoms with Gasteiger partial charge >= 0.3 is 5.69 Å². The van der Waals surface area contributed by atoms with Crippen molar-refractivity contribution in [2.24, 2.45) is 0 Å². The number of nitrogens with zero attached hydrogens (tertiary/aromatic N) is 1. The number of nitrogens with one attached hydrogen (secondary N) is 1. The summed E-state index contributed by atoms with van der Waals surface area (Å²) in [7, 11) is 0. The Hall–Kier alpha value is -2.82. The molecule has 20 heavy (non-hydrogen) atoms. The molecule has 0 bridgehead atoms. The van der Waals surface area contributed by atoms with Crippen molar-refractivity contribution in [1.82, 2.24) is 9.55 Å². The third kappa shape index (κ3) is 1.80. The SMILES string of the molecule is Cc1ccc(-n2c(=O)[nH]c3cccc(O)c3c2=O)cc1. The van der Waals surface area contributed by atoms with Gasteiger partial charge in [0.1, 0.15) is 11.1 Å². The Balaban J connectivity index is 2.43. The summed E-state index contributed by atoms with van der Waals surface area (Å²) in [6.45, 7) is 1.92. The van der Waals surface area contributed by atoms with Gasteiger partial charge in [-0.2, -0.15) is 0 Å². The molecule has 0 radical (unpaired) electrons. The van der Waals surface area contributed by atoms with Gasteiger partial charge < -0.3 is 10.1 Å². The molecule has 3 rings (SSSR count). The molecule has 2 aromatic carbocycles. The van der Waals surface area contributed by atoms with Gasteiger partial charge in [-0.15, -0.1) is 0 Å². The summed E-state index contributed by atoms with van der Waals surface area (Å²) in [5.41, 5.74) is 0.750. The maximum absolute atomic E-state index is 12.4. The quantitative estimate of drug-likeness (QED) is 0.705. The van der Waals surface area contributed by atoms with Gasteiger partial charge in [0.05, 0.1) is 11.2 Å². The van der Waals surface area contributed by atoms with E-state index in [-0.39, 0.29) is 11.1 Å². The van der Waals surface area contributed by atoms with Gasteiger partial charge in [-0.3, -0.25) is 4.79 Å². The lowest BCUT2D eigenvalue weighted by Crippen LogP contribution is -2.33. The van der Waals surface area contributed by atoms with Crippen LogP contribution in [0.1, 0.15) is 5.56 Å². The molecule has 5 heteroatoms. The van der Waals surface area contributed by atoms with Crippen molar-refractivity contribution in [3.63, 3.8) is 0 Å². The molecule has 0 fully saturated rings. The van der Waals surface area contributed by atoms with Crippen LogP contribution in [0, 0.1) is 6.92 Å². The van der Waals surface area contributed by atoms with E-state index < -0.39 is 11.2 Å². The Labute approximate surface area is 113 Å². The lowest BCUT2D eigenvalue weighted by molar-refractivity contribution is 0.481. The molecular formula is C15H12N2O3. The second-order valence-corrected chi connectivity index (χ2v) is 4.61. The number of hydrogen-bond acceptors (Lipinski definition) is 3. The summed E-state index contributed by atoms with van der Waals surface area (Å²) in [5, 5.41) is 9.93. The van der Waals surface area contributed by atoms with Gasteiger partial charge in [-0.05, 0) is 31.2 Å². The third-order valence-electron chi connectivity index (χ3n) is 3.20. The molecule has 0 unspecified atom stereocenters. The number of phenols is 1. The van der Waals surface area contributed by atoms with Crippen LogP contribution in [0.25, 0.3) is 16.6 Å². The normalized spacial score (nSPS) is 10.8. The van der Waals surface area contributed by atoms with E-state index in [9.17, 15) is 14.7 Å². The van der Waals surface area contributed by atoms with Crippen LogP contribution in [0.4, 0.5) is 0 Å². The lowest BCUT2D eigenvalue weighted by Gasteiger charge is -2.07. The highest BCUT2D eigenvalue weighted by molar-refractivity contribution is 5.83. The van der Waals surface area contributed by atoms with E-state index in [1.807, 2.05) is 19.1 Å². The Morgan fingerprint density at radius 2 is 1.75 bits per heavy atom. The highest BCUT2D eigenvalue weighted by atomic mass is 16.3. The molecule has 2 N–H and O–H groups in total. The summed E-state index contributed by atoms with van der Waals surface area (Å²) < 4.78 is 1.02. The van der Waals surface area contributed by atoms with E-state index >= 15 is 0 Å². The van der Waals surface area contributed by atoms with Crippen molar-refractivity contribution >= 4 is 10.9 Å². The van der Waals surface area contributed by atoms with Crippen LogP contribution in [-0.2, 0) is 0 Å². The molecule has 3 aromatic rings.